The summed E-state index contributed by atoms with van der Waals surface area (Å²) in [5.41, 5.74) is 5.90. The first-order valence-electron chi connectivity index (χ1n) is 11.2. The second kappa shape index (κ2) is 16.2. The van der Waals surface area contributed by atoms with Gasteiger partial charge in [-0.3, -0.25) is 9.59 Å². The molecule has 0 aliphatic carbocycles. The van der Waals surface area contributed by atoms with Gasteiger partial charge in [-0.1, -0.05) is 57.5 Å². The van der Waals surface area contributed by atoms with Gasteiger partial charge in [0.2, 0.25) is 11.8 Å². The second-order valence-corrected chi connectivity index (χ2v) is 11.4. The fourth-order valence-corrected chi connectivity index (χ4v) is 5.62. The normalized spacial score (nSPS) is 11.3. The van der Waals surface area contributed by atoms with Gasteiger partial charge in [0.1, 0.15) is 11.5 Å². The fourth-order valence-electron chi connectivity index (χ4n) is 3.11. The minimum absolute atomic E-state index is 0.0516. The summed E-state index contributed by atoms with van der Waals surface area (Å²) in [5, 5.41) is 27.8. The van der Waals surface area contributed by atoms with Crippen LogP contribution in [0.3, 0.4) is 0 Å². The van der Waals surface area contributed by atoms with Crippen molar-refractivity contribution in [3.63, 3.8) is 0 Å². The maximum absolute atomic E-state index is 11.9. The first-order chi connectivity index (χ1) is 17.2. The van der Waals surface area contributed by atoms with Crippen LogP contribution in [0.4, 0.5) is 0 Å². The van der Waals surface area contributed by atoms with Crippen LogP contribution in [0.5, 0.6) is 11.5 Å². The zero-order valence-corrected chi connectivity index (χ0v) is 25.6. The van der Waals surface area contributed by atoms with E-state index in [1.54, 1.807) is 24.3 Å². The number of nitrogens with zero attached hydrogens (tertiary/aromatic N) is 2. The van der Waals surface area contributed by atoms with Gasteiger partial charge in [0.05, 0.1) is 21.4 Å². The number of carbonyl (C=O) groups excluding carboxylic acids is 2. The van der Waals surface area contributed by atoms with Crippen molar-refractivity contribution in [3.05, 3.63) is 53.3 Å². The van der Waals surface area contributed by atoms with E-state index in [4.69, 9.17) is 0 Å². The summed E-state index contributed by atoms with van der Waals surface area (Å²) in [7, 11) is 0. The highest BCUT2D eigenvalue weighted by Crippen LogP contribution is 2.31. The number of hydrazone groups is 2. The maximum Gasteiger partial charge on any atom is 0.240 e. The van der Waals surface area contributed by atoms with E-state index in [0.717, 1.165) is 47.5 Å². The topological polar surface area (TPSA) is 123 Å². The van der Waals surface area contributed by atoms with Crippen LogP contribution in [-0.2, 0) is 9.59 Å². The Balaban J connectivity index is 1.53. The van der Waals surface area contributed by atoms with Crippen LogP contribution in [0.1, 0.15) is 62.5 Å². The lowest BCUT2D eigenvalue weighted by molar-refractivity contribution is -0.122. The van der Waals surface area contributed by atoms with Gasteiger partial charge in [-0.2, -0.15) is 10.2 Å². The Kier molecular flexibility index (Phi) is 13.7. The summed E-state index contributed by atoms with van der Waals surface area (Å²) in [6, 6.07) is 6.82. The third-order valence-electron chi connectivity index (χ3n) is 4.96. The van der Waals surface area contributed by atoms with Crippen molar-refractivity contribution in [2.45, 2.75) is 51.4 Å². The van der Waals surface area contributed by atoms with Crippen LogP contribution in [0.2, 0.25) is 0 Å². The largest absolute Gasteiger partial charge is 0.506 e. The Morgan fingerprint density at radius 3 is 1.42 bits per heavy atom. The predicted molar refractivity (Wildman–Crippen MR) is 155 cm³/mol. The molecule has 36 heavy (non-hydrogen) atoms. The van der Waals surface area contributed by atoms with E-state index in [2.05, 4.69) is 84.8 Å². The molecule has 0 aliphatic heterocycles. The Bertz CT molecular complexity index is 1040. The van der Waals surface area contributed by atoms with E-state index in [9.17, 15) is 19.8 Å². The van der Waals surface area contributed by atoms with Crippen molar-refractivity contribution in [2.24, 2.45) is 10.2 Å². The molecule has 0 saturated carbocycles. The van der Waals surface area contributed by atoms with Gasteiger partial charge < -0.3 is 10.2 Å². The molecule has 0 aromatic heterocycles. The molecule has 2 amide bonds. The molecule has 0 radical (unpaired) electrons. The van der Waals surface area contributed by atoms with Gasteiger partial charge in [-0.15, -0.1) is 0 Å². The van der Waals surface area contributed by atoms with Crippen molar-refractivity contribution < 1.29 is 19.8 Å². The maximum atomic E-state index is 11.9. The monoisotopic (exact) mass is 750 g/mol. The van der Waals surface area contributed by atoms with E-state index in [1.807, 2.05) is 0 Å². The van der Waals surface area contributed by atoms with E-state index < -0.39 is 0 Å². The molecular formula is C24H26Br4N4O4. The first kappa shape index (κ1) is 30.5. The number of rotatable bonds is 13. The van der Waals surface area contributed by atoms with Crippen molar-refractivity contribution in [1.82, 2.24) is 10.9 Å². The molecule has 2 rings (SSSR count). The third-order valence-corrected chi connectivity index (χ3v) is 7.08. The molecule has 4 N–H and O–H groups in total. The molecule has 0 fully saturated rings. The minimum atomic E-state index is -0.180. The van der Waals surface area contributed by atoms with Gasteiger partial charge in [0, 0.05) is 32.9 Å². The third kappa shape index (κ3) is 11.1. The molecule has 0 atom stereocenters. The van der Waals surface area contributed by atoms with Gasteiger partial charge in [0.25, 0.3) is 0 Å². The summed E-state index contributed by atoms with van der Waals surface area (Å²) in [5.74, 6) is -0.257. The summed E-state index contributed by atoms with van der Waals surface area (Å²) in [6.45, 7) is 0. The Labute approximate surface area is 243 Å². The van der Waals surface area contributed by atoms with Crippen molar-refractivity contribution in [3.8, 4) is 11.5 Å². The Morgan fingerprint density at radius 1 is 0.667 bits per heavy atom. The molecule has 2 aromatic rings. The Morgan fingerprint density at radius 2 is 1.03 bits per heavy atom. The lowest BCUT2D eigenvalue weighted by Crippen LogP contribution is -2.17. The molecular weight excluding hydrogens is 728 g/mol. The molecule has 12 heteroatoms. The zero-order chi connectivity index (χ0) is 26.5. The standard InChI is InChI=1S/C24H26Br4N4O4/c25-17-9-15(23(35)19(27)11-17)13-29-31-21(33)7-5-3-1-2-4-6-8-22(34)32-30-14-16-10-18(26)12-20(28)24(16)36/h9-14,35-36H,1-8H2,(H,31,33)(H,32,34)/b29-13+,30-14+. The lowest BCUT2D eigenvalue weighted by Gasteiger charge is -2.04. The van der Waals surface area contributed by atoms with Crippen molar-refractivity contribution in [1.29, 1.82) is 0 Å². The molecule has 0 unspecified atom stereocenters. The predicted octanol–water partition coefficient (Wildman–Crippen LogP) is 6.87. The van der Waals surface area contributed by atoms with Gasteiger partial charge in [-0.25, -0.2) is 10.9 Å². The summed E-state index contributed by atoms with van der Waals surface area (Å²) in [6.07, 6.45) is 8.83. The number of carbonyl (C=O) groups is 2. The SMILES string of the molecule is O=C(CCCCCCCCC(=O)N/N=C/c1cc(Br)cc(Br)c1O)N/N=C/c1cc(Br)cc(Br)c1O. The van der Waals surface area contributed by atoms with Crippen LogP contribution in [-0.4, -0.2) is 34.5 Å². The summed E-state index contributed by atoms with van der Waals surface area (Å²) in [4.78, 5) is 23.8. The molecule has 0 aliphatic rings. The number of benzene rings is 2. The van der Waals surface area contributed by atoms with Crippen molar-refractivity contribution >= 4 is 88.0 Å². The quantitative estimate of drug-likeness (QED) is 0.101. The smallest absolute Gasteiger partial charge is 0.240 e. The average molecular weight is 754 g/mol. The molecule has 194 valence electrons. The number of nitrogens with one attached hydrogen (secondary N) is 2. The number of phenols is 2. The number of aromatic hydroxyl groups is 2. The number of hydrogen-bond donors (Lipinski definition) is 4. The van der Waals surface area contributed by atoms with E-state index >= 15 is 0 Å². The summed E-state index contributed by atoms with van der Waals surface area (Å²) >= 11 is 13.2. The van der Waals surface area contributed by atoms with Crippen LogP contribution in [0.25, 0.3) is 0 Å². The molecule has 0 spiro atoms. The molecule has 0 bridgehead atoms. The van der Waals surface area contributed by atoms with E-state index in [1.165, 1.54) is 12.4 Å². The average Bonchev–Trinajstić information content (AvgIpc) is 2.81. The highest BCUT2D eigenvalue weighted by atomic mass is 79.9. The van der Waals surface area contributed by atoms with Crippen LogP contribution in [0, 0.1) is 0 Å². The number of unbranched alkanes of at least 4 members (excludes halogenated alkanes) is 5. The molecule has 2 aromatic carbocycles. The van der Waals surface area contributed by atoms with Gasteiger partial charge in [-0.05, 0) is 69.0 Å². The number of hydrogen-bond acceptors (Lipinski definition) is 6. The summed E-state index contributed by atoms with van der Waals surface area (Å²) < 4.78 is 2.62. The second-order valence-electron chi connectivity index (χ2n) is 7.86. The number of halogens is 4. The zero-order valence-electron chi connectivity index (χ0n) is 19.2. The minimum Gasteiger partial charge on any atom is -0.506 e. The molecule has 8 nitrogen and oxygen atoms in total. The lowest BCUT2D eigenvalue weighted by atomic mass is 10.1. The van der Waals surface area contributed by atoms with E-state index in [-0.39, 0.29) is 23.3 Å². The highest BCUT2D eigenvalue weighted by Gasteiger charge is 2.07. The van der Waals surface area contributed by atoms with Crippen LogP contribution >= 0.6 is 63.7 Å². The fraction of sp³-hybridized carbons (Fsp3) is 0.333. The van der Waals surface area contributed by atoms with Crippen LogP contribution < -0.4 is 10.9 Å². The van der Waals surface area contributed by atoms with Crippen molar-refractivity contribution in [2.75, 3.05) is 0 Å². The molecule has 0 saturated heterocycles. The van der Waals surface area contributed by atoms with E-state index in [0.29, 0.717) is 32.9 Å². The van der Waals surface area contributed by atoms with Crippen LogP contribution in [0.15, 0.2) is 52.4 Å². The Hall–Kier alpha value is -1.76. The number of phenolic OH excluding ortho intramolecular Hbond substituents is 2. The van der Waals surface area contributed by atoms with Gasteiger partial charge >= 0.3 is 0 Å². The van der Waals surface area contributed by atoms with Gasteiger partial charge in [0.15, 0.2) is 0 Å². The highest BCUT2D eigenvalue weighted by molar-refractivity contribution is 9.11. The number of amides is 2. The first-order valence-corrected chi connectivity index (χ1v) is 14.3. The molecule has 0 heterocycles.